The second-order valence-electron chi connectivity index (χ2n) is 10.5. The first-order valence-electron chi connectivity index (χ1n) is 12.7. The molecule has 0 aromatic heterocycles. The molecule has 160 valence electrons. The molecule has 3 unspecified atom stereocenters. The number of rotatable bonds is 8. The highest BCUT2D eigenvalue weighted by molar-refractivity contribution is 6.04. The first-order chi connectivity index (χ1) is 13.6. The van der Waals surface area contributed by atoms with Crippen LogP contribution in [0, 0.1) is 35.5 Å². The molecular formula is C26H44O2. The molecule has 3 aliphatic rings. The number of carbonyl (C=O) groups excluding carboxylic acids is 2. The third-order valence-electron chi connectivity index (χ3n) is 8.33. The van der Waals surface area contributed by atoms with Crippen LogP contribution < -0.4 is 0 Å². The van der Waals surface area contributed by atoms with E-state index in [-0.39, 0.29) is 17.6 Å². The first-order valence-corrected chi connectivity index (χ1v) is 12.7. The maximum atomic E-state index is 13.7. The van der Waals surface area contributed by atoms with Gasteiger partial charge in [0.2, 0.25) is 0 Å². The fraction of sp³-hybridized carbons (Fsp3) is 0.923. The number of ketones is 2. The van der Waals surface area contributed by atoms with Crippen molar-refractivity contribution in [2.75, 3.05) is 0 Å². The average Bonchev–Trinajstić information content (AvgIpc) is 2.70. The van der Waals surface area contributed by atoms with Gasteiger partial charge in [-0.15, -0.1) is 0 Å². The van der Waals surface area contributed by atoms with E-state index in [9.17, 15) is 9.59 Å². The molecule has 2 heteroatoms. The summed E-state index contributed by atoms with van der Waals surface area (Å²) >= 11 is 0. The Kier molecular flexibility index (Phi) is 8.60. The summed E-state index contributed by atoms with van der Waals surface area (Å²) in [4.78, 5) is 26.4. The van der Waals surface area contributed by atoms with Gasteiger partial charge in [0.15, 0.2) is 0 Å². The predicted octanol–water partition coefficient (Wildman–Crippen LogP) is 7.14. The maximum absolute atomic E-state index is 13.7. The molecule has 0 spiro atoms. The third kappa shape index (κ3) is 5.70. The summed E-state index contributed by atoms with van der Waals surface area (Å²) in [7, 11) is 0. The molecule has 3 fully saturated rings. The number of Topliss-reactive ketones (excluding diaryl/α,β-unsaturated/α-hetero) is 2. The summed E-state index contributed by atoms with van der Waals surface area (Å²) in [5.74, 6) is 3.06. The Labute approximate surface area is 173 Å². The Morgan fingerprint density at radius 2 is 1.57 bits per heavy atom. The van der Waals surface area contributed by atoms with Crippen LogP contribution in [0.1, 0.15) is 117 Å². The molecule has 0 aromatic rings. The Hall–Kier alpha value is -0.660. The van der Waals surface area contributed by atoms with Crippen molar-refractivity contribution in [1.82, 2.24) is 0 Å². The minimum absolute atomic E-state index is 0.194. The van der Waals surface area contributed by atoms with Crippen LogP contribution in [-0.2, 0) is 9.59 Å². The quantitative estimate of drug-likeness (QED) is 0.327. The summed E-state index contributed by atoms with van der Waals surface area (Å²) in [6, 6.07) is 0. The lowest BCUT2D eigenvalue weighted by atomic mass is 9.63. The number of carbonyl (C=O) groups is 2. The van der Waals surface area contributed by atoms with E-state index in [0.29, 0.717) is 30.0 Å². The number of hydrogen-bond acceptors (Lipinski definition) is 2. The standard InChI is InChI=1S/C26H44O2/c1-3-4-6-9-20-13-15-22(16-14-20)25(21-10-7-5-8-11-21)26(28)23-17-12-19(2)18-24(23)27/h19-23,25H,3-18H2,1-2H3. The molecule has 0 aliphatic heterocycles. The Balaban J connectivity index is 1.64. The number of unbranched alkanes of at least 4 members (excludes halogenated alkanes) is 2. The zero-order chi connectivity index (χ0) is 19.9. The van der Waals surface area contributed by atoms with Gasteiger partial charge >= 0.3 is 0 Å². The summed E-state index contributed by atoms with van der Waals surface area (Å²) < 4.78 is 0. The van der Waals surface area contributed by atoms with Gasteiger partial charge in [-0.1, -0.05) is 71.6 Å². The molecule has 3 aliphatic carbocycles. The van der Waals surface area contributed by atoms with Crippen molar-refractivity contribution in [3.05, 3.63) is 0 Å². The van der Waals surface area contributed by atoms with Crippen LogP contribution in [0.4, 0.5) is 0 Å². The van der Waals surface area contributed by atoms with E-state index < -0.39 is 0 Å². The molecule has 3 saturated carbocycles. The van der Waals surface area contributed by atoms with Crippen molar-refractivity contribution in [2.45, 2.75) is 117 Å². The molecule has 0 aromatic carbocycles. The molecule has 2 nitrogen and oxygen atoms in total. The Morgan fingerprint density at radius 3 is 2.21 bits per heavy atom. The van der Waals surface area contributed by atoms with Gasteiger partial charge in [0.1, 0.15) is 11.6 Å². The minimum Gasteiger partial charge on any atom is -0.299 e. The van der Waals surface area contributed by atoms with Gasteiger partial charge < -0.3 is 0 Å². The van der Waals surface area contributed by atoms with Crippen LogP contribution in [0.25, 0.3) is 0 Å². The summed E-state index contributed by atoms with van der Waals surface area (Å²) in [6.07, 6.45) is 19.4. The minimum atomic E-state index is -0.259. The highest BCUT2D eigenvalue weighted by Gasteiger charge is 2.43. The van der Waals surface area contributed by atoms with E-state index in [1.54, 1.807) is 0 Å². The molecule has 0 bridgehead atoms. The van der Waals surface area contributed by atoms with Gasteiger partial charge in [0, 0.05) is 12.3 Å². The summed E-state index contributed by atoms with van der Waals surface area (Å²) in [5.41, 5.74) is 0. The van der Waals surface area contributed by atoms with Crippen LogP contribution >= 0.6 is 0 Å². The van der Waals surface area contributed by atoms with Crippen LogP contribution in [0.5, 0.6) is 0 Å². The largest absolute Gasteiger partial charge is 0.299 e. The van der Waals surface area contributed by atoms with Gasteiger partial charge in [-0.2, -0.15) is 0 Å². The zero-order valence-corrected chi connectivity index (χ0v) is 18.6. The summed E-state index contributed by atoms with van der Waals surface area (Å²) in [5, 5.41) is 0. The van der Waals surface area contributed by atoms with Gasteiger partial charge in [0.25, 0.3) is 0 Å². The molecule has 0 N–H and O–H groups in total. The molecule has 0 saturated heterocycles. The van der Waals surface area contributed by atoms with Crippen molar-refractivity contribution in [3.63, 3.8) is 0 Å². The van der Waals surface area contributed by atoms with Gasteiger partial charge in [-0.05, 0) is 62.2 Å². The van der Waals surface area contributed by atoms with Gasteiger partial charge in [-0.25, -0.2) is 0 Å². The molecule has 0 radical (unpaired) electrons. The lowest BCUT2D eigenvalue weighted by Crippen LogP contribution is -2.41. The molecule has 0 amide bonds. The second kappa shape index (κ2) is 10.9. The van der Waals surface area contributed by atoms with Crippen LogP contribution in [0.15, 0.2) is 0 Å². The first kappa shape index (κ1) is 22.0. The highest BCUT2D eigenvalue weighted by Crippen LogP contribution is 2.44. The van der Waals surface area contributed by atoms with Crippen molar-refractivity contribution in [2.24, 2.45) is 35.5 Å². The van der Waals surface area contributed by atoms with E-state index in [1.165, 1.54) is 83.5 Å². The lowest BCUT2D eigenvalue weighted by molar-refractivity contribution is -0.140. The van der Waals surface area contributed by atoms with E-state index in [4.69, 9.17) is 0 Å². The lowest BCUT2D eigenvalue weighted by Gasteiger charge is -2.40. The average molecular weight is 389 g/mol. The van der Waals surface area contributed by atoms with Crippen molar-refractivity contribution in [1.29, 1.82) is 0 Å². The zero-order valence-electron chi connectivity index (χ0n) is 18.6. The molecule has 0 heterocycles. The SMILES string of the molecule is CCCCCC1CCC(C(C(=O)C2CCC(C)CC2=O)C2CCCCC2)CC1. The second-order valence-corrected chi connectivity index (χ2v) is 10.5. The Bertz CT molecular complexity index is 497. The van der Waals surface area contributed by atoms with Gasteiger partial charge in [0.05, 0.1) is 5.92 Å². The monoisotopic (exact) mass is 388 g/mol. The van der Waals surface area contributed by atoms with E-state index >= 15 is 0 Å². The summed E-state index contributed by atoms with van der Waals surface area (Å²) in [6.45, 7) is 4.45. The molecule has 3 rings (SSSR count). The predicted molar refractivity (Wildman–Crippen MR) is 116 cm³/mol. The van der Waals surface area contributed by atoms with Crippen LogP contribution in [0.3, 0.4) is 0 Å². The van der Waals surface area contributed by atoms with Crippen LogP contribution in [-0.4, -0.2) is 11.6 Å². The fourth-order valence-corrected chi connectivity index (χ4v) is 6.60. The van der Waals surface area contributed by atoms with Gasteiger partial charge in [-0.3, -0.25) is 9.59 Å². The topological polar surface area (TPSA) is 34.1 Å². The Morgan fingerprint density at radius 1 is 0.893 bits per heavy atom. The van der Waals surface area contributed by atoms with Crippen molar-refractivity contribution < 1.29 is 9.59 Å². The van der Waals surface area contributed by atoms with E-state index in [0.717, 1.165) is 18.8 Å². The molecular weight excluding hydrogens is 344 g/mol. The fourth-order valence-electron chi connectivity index (χ4n) is 6.60. The normalized spacial score (nSPS) is 33.6. The smallest absolute Gasteiger partial charge is 0.146 e. The van der Waals surface area contributed by atoms with E-state index in [2.05, 4.69) is 13.8 Å². The molecule has 3 atom stereocenters. The van der Waals surface area contributed by atoms with Crippen LogP contribution in [0.2, 0.25) is 0 Å². The third-order valence-corrected chi connectivity index (χ3v) is 8.33. The van der Waals surface area contributed by atoms with Crippen molar-refractivity contribution in [3.8, 4) is 0 Å². The highest BCUT2D eigenvalue weighted by atomic mass is 16.2. The number of hydrogen-bond donors (Lipinski definition) is 0. The maximum Gasteiger partial charge on any atom is 0.146 e. The van der Waals surface area contributed by atoms with Crippen molar-refractivity contribution >= 4 is 11.6 Å². The van der Waals surface area contributed by atoms with E-state index in [1.807, 2.05) is 0 Å². The molecule has 28 heavy (non-hydrogen) atoms.